The van der Waals surface area contributed by atoms with Crippen molar-refractivity contribution < 1.29 is 19.3 Å². The van der Waals surface area contributed by atoms with Gasteiger partial charge in [-0.25, -0.2) is 0 Å². The van der Waals surface area contributed by atoms with Crippen LogP contribution in [0.5, 0.6) is 11.5 Å². The van der Waals surface area contributed by atoms with Gasteiger partial charge in [-0.15, -0.1) is 0 Å². The largest absolute Gasteiger partial charge is 0.491 e. The van der Waals surface area contributed by atoms with Crippen LogP contribution in [0.2, 0.25) is 0 Å². The molecule has 1 atom stereocenters. The van der Waals surface area contributed by atoms with Crippen LogP contribution in [-0.4, -0.2) is 57.8 Å². The molecule has 0 amide bonds. The Hall–Kier alpha value is -1.34. The first-order valence-corrected chi connectivity index (χ1v) is 6.69. The number of rotatable bonds is 11. The SMILES string of the molecule is COCCOc1ccc(OCC(O)CNCCN)cc1. The molecule has 1 aromatic rings. The van der Waals surface area contributed by atoms with Crippen molar-refractivity contribution in [3.63, 3.8) is 0 Å². The molecule has 0 heterocycles. The molecule has 0 aromatic heterocycles. The Morgan fingerprint density at radius 1 is 1.15 bits per heavy atom. The topological polar surface area (TPSA) is 86.0 Å². The zero-order valence-electron chi connectivity index (χ0n) is 11.9. The fourth-order valence-corrected chi connectivity index (χ4v) is 1.50. The zero-order valence-corrected chi connectivity index (χ0v) is 11.9. The summed E-state index contributed by atoms with van der Waals surface area (Å²) in [5.41, 5.74) is 5.34. The van der Waals surface area contributed by atoms with Gasteiger partial charge < -0.3 is 30.4 Å². The van der Waals surface area contributed by atoms with Crippen molar-refractivity contribution in [2.45, 2.75) is 6.10 Å². The van der Waals surface area contributed by atoms with E-state index in [1.54, 1.807) is 7.11 Å². The van der Waals surface area contributed by atoms with Gasteiger partial charge in [-0.05, 0) is 24.3 Å². The molecule has 0 saturated carbocycles. The molecule has 0 fully saturated rings. The summed E-state index contributed by atoms with van der Waals surface area (Å²) in [6.07, 6.45) is -0.556. The van der Waals surface area contributed by atoms with Gasteiger partial charge in [0, 0.05) is 26.7 Å². The highest BCUT2D eigenvalue weighted by Gasteiger charge is 2.04. The van der Waals surface area contributed by atoms with Crippen molar-refractivity contribution in [2.75, 3.05) is 46.6 Å². The van der Waals surface area contributed by atoms with E-state index in [0.29, 0.717) is 38.6 Å². The van der Waals surface area contributed by atoms with Crippen LogP contribution in [0.1, 0.15) is 0 Å². The van der Waals surface area contributed by atoms with Gasteiger partial charge in [0.2, 0.25) is 0 Å². The van der Waals surface area contributed by atoms with Gasteiger partial charge in [0.15, 0.2) is 0 Å². The second-order valence-corrected chi connectivity index (χ2v) is 4.27. The number of methoxy groups -OCH3 is 1. The smallest absolute Gasteiger partial charge is 0.119 e. The lowest BCUT2D eigenvalue weighted by atomic mass is 10.3. The molecule has 0 aliphatic rings. The fourth-order valence-electron chi connectivity index (χ4n) is 1.50. The number of aliphatic hydroxyl groups is 1. The van der Waals surface area contributed by atoms with Crippen LogP contribution in [0.3, 0.4) is 0 Å². The third-order valence-electron chi connectivity index (χ3n) is 2.52. The molecule has 0 aliphatic carbocycles. The van der Waals surface area contributed by atoms with Gasteiger partial charge in [0.05, 0.1) is 6.61 Å². The molecule has 6 heteroatoms. The second-order valence-electron chi connectivity index (χ2n) is 4.27. The van der Waals surface area contributed by atoms with Gasteiger partial charge in [-0.1, -0.05) is 0 Å². The Kier molecular flexibility index (Phi) is 8.73. The van der Waals surface area contributed by atoms with Crippen LogP contribution in [0, 0.1) is 0 Å². The number of hydrogen-bond acceptors (Lipinski definition) is 6. The summed E-state index contributed by atoms with van der Waals surface area (Å²) in [6, 6.07) is 7.26. The highest BCUT2D eigenvalue weighted by molar-refractivity contribution is 5.31. The summed E-state index contributed by atoms with van der Waals surface area (Å²) in [7, 11) is 1.63. The minimum Gasteiger partial charge on any atom is -0.491 e. The second kappa shape index (κ2) is 10.4. The van der Waals surface area contributed by atoms with Crippen molar-refractivity contribution in [1.29, 1.82) is 0 Å². The molecule has 1 rings (SSSR count). The van der Waals surface area contributed by atoms with Crippen LogP contribution in [-0.2, 0) is 4.74 Å². The molecule has 0 saturated heterocycles. The maximum absolute atomic E-state index is 9.67. The van der Waals surface area contributed by atoms with E-state index in [9.17, 15) is 5.11 Å². The summed E-state index contributed by atoms with van der Waals surface area (Å²) in [5, 5.41) is 12.7. The van der Waals surface area contributed by atoms with Crippen molar-refractivity contribution in [3.05, 3.63) is 24.3 Å². The molecule has 0 bridgehead atoms. The molecule has 0 aliphatic heterocycles. The first-order chi connectivity index (χ1) is 9.76. The van der Waals surface area contributed by atoms with Crippen LogP contribution in [0.15, 0.2) is 24.3 Å². The average Bonchev–Trinajstić information content (AvgIpc) is 2.47. The monoisotopic (exact) mass is 284 g/mol. The fraction of sp³-hybridized carbons (Fsp3) is 0.571. The first-order valence-electron chi connectivity index (χ1n) is 6.69. The molecule has 0 spiro atoms. The number of benzene rings is 1. The van der Waals surface area contributed by atoms with Gasteiger partial charge in [-0.2, -0.15) is 0 Å². The van der Waals surface area contributed by atoms with Gasteiger partial charge in [0.1, 0.15) is 30.8 Å². The van der Waals surface area contributed by atoms with E-state index in [1.807, 2.05) is 24.3 Å². The van der Waals surface area contributed by atoms with E-state index in [0.717, 1.165) is 5.75 Å². The molecule has 0 radical (unpaired) electrons. The molecule has 114 valence electrons. The predicted octanol–water partition coefficient (Wildman–Crippen LogP) is -0.000200. The van der Waals surface area contributed by atoms with Crippen LogP contribution in [0.4, 0.5) is 0 Å². The maximum Gasteiger partial charge on any atom is 0.119 e. The normalized spacial score (nSPS) is 12.2. The number of nitrogens with one attached hydrogen (secondary N) is 1. The Balaban J connectivity index is 2.23. The lowest BCUT2D eigenvalue weighted by Crippen LogP contribution is -2.34. The third-order valence-corrected chi connectivity index (χ3v) is 2.52. The van der Waals surface area contributed by atoms with Crippen molar-refractivity contribution in [2.24, 2.45) is 5.73 Å². The van der Waals surface area contributed by atoms with Crippen LogP contribution in [0.25, 0.3) is 0 Å². The molecular formula is C14H24N2O4. The van der Waals surface area contributed by atoms with Gasteiger partial charge >= 0.3 is 0 Å². The van der Waals surface area contributed by atoms with E-state index >= 15 is 0 Å². The summed E-state index contributed by atoms with van der Waals surface area (Å²) >= 11 is 0. The summed E-state index contributed by atoms with van der Waals surface area (Å²) in [6.45, 7) is 3.02. The number of hydrogen-bond donors (Lipinski definition) is 3. The Morgan fingerprint density at radius 3 is 2.40 bits per heavy atom. The van der Waals surface area contributed by atoms with Gasteiger partial charge in [-0.3, -0.25) is 0 Å². The van der Waals surface area contributed by atoms with Crippen LogP contribution < -0.4 is 20.5 Å². The minimum atomic E-state index is -0.556. The molecule has 1 unspecified atom stereocenters. The lowest BCUT2D eigenvalue weighted by molar-refractivity contribution is 0.106. The van der Waals surface area contributed by atoms with E-state index in [2.05, 4.69) is 5.32 Å². The van der Waals surface area contributed by atoms with Crippen molar-refractivity contribution in [3.8, 4) is 11.5 Å². The third kappa shape index (κ3) is 7.30. The van der Waals surface area contributed by atoms with E-state index in [-0.39, 0.29) is 6.61 Å². The Morgan fingerprint density at radius 2 is 1.80 bits per heavy atom. The molecule has 6 nitrogen and oxygen atoms in total. The predicted molar refractivity (Wildman–Crippen MR) is 77.2 cm³/mol. The number of nitrogens with two attached hydrogens (primary N) is 1. The standard InChI is InChI=1S/C14H24N2O4/c1-18-8-9-19-13-2-4-14(5-3-13)20-11-12(17)10-16-7-6-15/h2-5,12,16-17H,6-11,15H2,1H3. The summed E-state index contributed by atoms with van der Waals surface area (Å²) in [4.78, 5) is 0. The Bertz CT molecular complexity index is 346. The summed E-state index contributed by atoms with van der Waals surface area (Å²) < 4.78 is 15.8. The van der Waals surface area contributed by atoms with Crippen molar-refractivity contribution >= 4 is 0 Å². The van der Waals surface area contributed by atoms with Gasteiger partial charge in [0.25, 0.3) is 0 Å². The first kappa shape index (κ1) is 16.7. The van der Waals surface area contributed by atoms with E-state index < -0.39 is 6.10 Å². The molecule has 1 aromatic carbocycles. The van der Waals surface area contributed by atoms with Crippen LogP contribution >= 0.6 is 0 Å². The highest BCUT2D eigenvalue weighted by Crippen LogP contribution is 2.17. The molecular weight excluding hydrogens is 260 g/mol. The molecule has 20 heavy (non-hydrogen) atoms. The number of ether oxygens (including phenoxy) is 3. The minimum absolute atomic E-state index is 0.238. The Labute approximate surface area is 119 Å². The quantitative estimate of drug-likeness (QED) is 0.496. The van der Waals surface area contributed by atoms with Crippen molar-refractivity contribution in [1.82, 2.24) is 5.32 Å². The zero-order chi connectivity index (χ0) is 14.6. The highest BCUT2D eigenvalue weighted by atomic mass is 16.5. The number of aliphatic hydroxyl groups excluding tert-OH is 1. The maximum atomic E-state index is 9.67. The van der Waals surface area contributed by atoms with E-state index in [1.165, 1.54) is 0 Å². The average molecular weight is 284 g/mol. The van der Waals surface area contributed by atoms with E-state index in [4.69, 9.17) is 19.9 Å². The lowest BCUT2D eigenvalue weighted by Gasteiger charge is -2.13. The summed E-state index contributed by atoms with van der Waals surface area (Å²) in [5.74, 6) is 1.46. The molecule has 4 N–H and O–H groups in total.